The van der Waals surface area contributed by atoms with Crippen LogP contribution in [0.3, 0.4) is 0 Å². The summed E-state index contributed by atoms with van der Waals surface area (Å²) in [6.07, 6.45) is -0.481. The maximum atomic E-state index is 13.5. The molecule has 0 aliphatic rings. The molecule has 0 aliphatic carbocycles. The van der Waals surface area contributed by atoms with Gasteiger partial charge in [0.1, 0.15) is 17.5 Å². The average Bonchev–Trinajstić information content (AvgIpc) is 2.43. The SMILES string of the molecule is CC(C)N(C(=O)C(Cc1cccc(F)c1)NC(=O)OC(C)(C)C)C(C)C. The number of amides is 2. The lowest BCUT2D eigenvalue weighted by Crippen LogP contribution is -2.54. The van der Waals surface area contributed by atoms with E-state index in [0.717, 1.165) is 0 Å². The largest absolute Gasteiger partial charge is 0.444 e. The van der Waals surface area contributed by atoms with E-state index in [2.05, 4.69) is 5.32 Å². The summed E-state index contributed by atoms with van der Waals surface area (Å²) in [4.78, 5) is 27.0. The second-order valence-corrected chi connectivity index (χ2v) is 7.97. The van der Waals surface area contributed by atoms with Gasteiger partial charge in [0, 0.05) is 18.5 Å². The number of rotatable bonds is 6. The summed E-state index contributed by atoms with van der Waals surface area (Å²) < 4.78 is 18.8. The number of alkyl carbamates (subject to hydrolysis) is 1. The van der Waals surface area contributed by atoms with Crippen molar-refractivity contribution < 1.29 is 18.7 Å². The first-order valence-electron chi connectivity index (χ1n) is 8.97. The number of halogens is 1. The number of nitrogens with zero attached hydrogens (tertiary/aromatic N) is 1. The van der Waals surface area contributed by atoms with E-state index in [1.165, 1.54) is 12.1 Å². The molecule has 146 valence electrons. The molecule has 0 fully saturated rings. The van der Waals surface area contributed by atoms with Crippen molar-refractivity contribution in [3.05, 3.63) is 35.6 Å². The first-order valence-corrected chi connectivity index (χ1v) is 8.97. The van der Waals surface area contributed by atoms with E-state index in [4.69, 9.17) is 4.74 Å². The lowest BCUT2D eigenvalue weighted by Gasteiger charge is -2.34. The molecular weight excluding hydrogens is 335 g/mol. The number of ether oxygens (including phenoxy) is 1. The van der Waals surface area contributed by atoms with E-state index in [0.29, 0.717) is 5.56 Å². The standard InChI is InChI=1S/C20H31FN2O3/c1-13(2)23(14(3)4)18(24)17(22-19(25)26-20(5,6)7)12-15-9-8-10-16(21)11-15/h8-11,13-14,17H,12H2,1-7H3,(H,22,25). The Morgan fingerprint density at radius 2 is 1.73 bits per heavy atom. The first kappa shape index (κ1) is 21.9. The molecule has 1 aromatic rings. The number of carbonyl (C=O) groups is 2. The van der Waals surface area contributed by atoms with Gasteiger partial charge in [0.05, 0.1) is 0 Å². The van der Waals surface area contributed by atoms with E-state index in [9.17, 15) is 14.0 Å². The summed E-state index contributed by atoms with van der Waals surface area (Å²) in [5.74, 6) is -0.597. The van der Waals surface area contributed by atoms with E-state index in [1.54, 1.807) is 37.8 Å². The van der Waals surface area contributed by atoms with Gasteiger partial charge in [-0.3, -0.25) is 4.79 Å². The molecule has 26 heavy (non-hydrogen) atoms. The first-order chi connectivity index (χ1) is 11.9. The normalized spacial score (nSPS) is 12.8. The number of carbonyl (C=O) groups excluding carboxylic acids is 2. The van der Waals surface area contributed by atoms with Crippen LogP contribution in [-0.4, -0.2) is 40.6 Å². The molecule has 1 atom stereocenters. The topological polar surface area (TPSA) is 58.6 Å². The molecule has 0 spiro atoms. The van der Waals surface area contributed by atoms with Crippen LogP contribution in [0.25, 0.3) is 0 Å². The highest BCUT2D eigenvalue weighted by molar-refractivity contribution is 5.86. The van der Waals surface area contributed by atoms with Gasteiger partial charge >= 0.3 is 6.09 Å². The van der Waals surface area contributed by atoms with E-state index in [-0.39, 0.29) is 30.2 Å². The minimum atomic E-state index is -0.837. The van der Waals surface area contributed by atoms with Crippen LogP contribution in [0, 0.1) is 5.82 Å². The number of benzene rings is 1. The maximum Gasteiger partial charge on any atom is 0.408 e. The summed E-state index contributed by atoms with van der Waals surface area (Å²) in [5.41, 5.74) is -0.0429. The fraction of sp³-hybridized carbons (Fsp3) is 0.600. The molecule has 0 aliphatic heterocycles. The van der Waals surface area contributed by atoms with E-state index >= 15 is 0 Å². The van der Waals surface area contributed by atoms with Crippen LogP contribution >= 0.6 is 0 Å². The van der Waals surface area contributed by atoms with Gasteiger partial charge in [-0.2, -0.15) is 0 Å². The second kappa shape index (κ2) is 9.01. The van der Waals surface area contributed by atoms with Crippen LogP contribution in [0.2, 0.25) is 0 Å². The molecule has 0 aromatic heterocycles. The molecule has 5 nitrogen and oxygen atoms in total. The van der Waals surface area contributed by atoms with Gasteiger partial charge in [-0.15, -0.1) is 0 Å². The van der Waals surface area contributed by atoms with Crippen LogP contribution in [-0.2, 0) is 16.0 Å². The van der Waals surface area contributed by atoms with E-state index < -0.39 is 17.7 Å². The van der Waals surface area contributed by atoms with Crippen molar-refractivity contribution >= 4 is 12.0 Å². The Morgan fingerprint density at radius 1 is 1.15 bits per heavy atom. The summed E-state index contributed by atoms with van der Waals surface area (Å²) in [6, 6.07) is 5.13. The molecule has 0 radical (unpaired) electrons. The van der Waals surface area contributed by atoms with Gasteiger partial charge in [0.2, 0.25) is 5.91 Å². The molecule has 0 heterocycles. The predicted molar refractivity (Wildman–Crippen MR) is 100 cm³/mol. The smallest absolute Gasteiger partial charge is 0.408 e. The summed E-state index contributed by atoms with van der Waals surface area (Å²) in [6.45, 7) is 12.9. The van der Waals surface area contributed by atoms with Crippen molar-refractivity contribution in [2.45, 2.75) is 78.6 Å². The molecule has 6 heteroatoms. The highest BCUT2D eigenvalue weighted by Gasteiger charge is 2.31. The van der Waals surface area contributed by atoms with Crippen LogP contribution in [0.1, 0.15) is 54.0 Å². The van der Waals surface area contributed by atoms with Crippen LogP contribution in [0.5, 0.6) is 0 Å². The highest BCUT2D eigenvalue weighted by atomic mass is 19.1. The Balaban J connectivity index is 3.07. The molecule has 1 aromatic carbocycles. The molecule has 1 unspecified atom stereocenters. The Hall–Kier alpha value is -2.11. The minimum absolute atomic E-state index is 0.0297. The zero-order valence-electron chi connectivity index (χ0n) is 16.8. The molecule has 2 amide bonds. The van der Waals surface area contributed by atoms with Gasteiger partial charge in [0.25, 0.3) is 0 Å². The lowest BCUT2D eigenvalue weighted by atomic mass is 10.0. The van der Waals surface area contributed by atoms with Gasteiger partial charge in [0.15, 0.2) is 0 Å². The van der Waals surface area contributed by atoms with Crippen molar-refractivity contribution in [2.24, 2.45) is 0 Å². The monoisotopic (exact) mass is 366 g/mol. The average molecular weight is 366 g/mol. The molecule has 1 rings (SSSR count). The maximum absolute atomic E-state index is 13.5. The number of hydrogen-bond acceptors (Lipinski definition) is 3. The molecule has 0 saturated heterocycles. The fourth-order valence-electron chi connectivity index (χ4n) is 2.83. The van der Waals surface area contributed by atoms with Crippen molar-refractivity contribution in [1.29, 1.82) is 0 Å². The third-order valence-electron chi connectivity index (χ3n) is 3.69. The quantitative estimate of drug-likeness (QED) is 0.830. The Kier molecular flexibility index (Phi) is 7.60. The Morgan fingerprint density at radius 3 is 2.19 bits per heavy atom. The summed E-state index contributed by atoms with van der Waals surface area (Å²) in [7, 11) is 0. The predicted octanol–water partition coefficient (Wildman–Crippen LogP) is 3.91. The van der Waals surface area contributed by atoms with Crippen LogP contribution in [0.15, 0.2) is 24.3 Å². The van der Waals surface area contributed by atoms with Crippen molar-refractivity contribution in [3.8, 4) is 0 Å². The molecular formula is C20H31FN2O3. The van der Waals surface area contributed by atoms with Crippen molar-refractivity contribution in [3.63, 3.8) is 0 Å². The third kappa shape index (κ3) is 7.02. The molecule has 0 saturated carbocycles. The fourth-order valence-corrected chi connectivity index (χ4v) is 2.83. The van der Waals surface area contributed by atoms with Gasteiger partial charge in [-0.25, -0.2) is 9.18 Å². The van der Waals surface area contributed by atoms with Crippen LogP contribution < -0.4 is 5.32 Å². The summed E-state index contributed by atoms with van der Waals surface area (Å²) in [5, 5.41) is 2.66. The van der Waals surface area contributed by atoms with Gasteiger partial charge in [-0.05, 0) is 66.2 Å². The minimum Gasteiger partial charge on any atom is -0.444 e. The Labute approximate surface area is 155 Å². The molecule has 1 N–H and O–H groups in total. The Bertz CT molecular complexity index is 616. The second-order valence-electron chi connectivity index (χ2n) is 7.97. The van der Waals surface area contributed by atoms with Gasteiger partial charge in [-0.1, -0.05) is 12.1 Å². The number of hydrogen-bond donors (Lipinski definition) is 1. The van der Waals surface area contributed by atoms with Gasteiger partial charge < -0.3 is 15.0 Å². The number of nitrogens with one attached hydrogen (secondary N) is 1. The zero-order chi connectivity index (χ0) is 20.1. The highest BCUT2D eigenvalue weighted by Crippen LogP contribution is 2.14. The van der Waals surface area contributed by atoms with Crippen LogP contribution in [0.4, 0.5) is 9.18 Å². The summed E-state index contributed by atoms with van der Waals surface area (Å²) >= 11 is 0. The van der Waals surface area contributed by atoms with E-state index in [1.807, 2.05) is 27.7 Å². The van der Waals surface area contributed by atoms with Crippen molar-refractivity contribution in [1.82, 2.24) is 10.2 Å². The zero-order valence-corrected chi connectivity index (χ0v) is 16.8. The van der Waals surface area contributed by atoms with Crippen molar-refractivity contribution in [2.75, 3.05) is 0 Å². The third-order valence-corrected chi connectivity index (χ3v) is 3.69. The lowest BCUT2D eigenvalue weighted by molar-refractivity contribution is -0.137. The molecule has 0 bridgehead atoms.